The van der Waals surface area contributed by atoms with E-state index in [2.05, 4.69) is 5.32 Å². The minimum Gasteiger partial charge on any atom is -0.494 e. The van der Waals surface area contributed by atoms with E-state index in [0.717, 1.165) is 6.42 Å². The van der Waals surface area contributed by atoms with Gasteiger partial charge in [-0.15, -0.1) is 0 Å². The van der Waals surface area contributed by atoms with Gasteiger partial charge in [-0.3, -0.25) is 4.21 Å². The summed E-state index contributed by atoms with van der Waals surface area (Å²) in [4.78, 5) is 0. The molecule has 2 unspecified atom stereocenters. The fraction of sp³-hybridized carbons (Fsp3) is 0.538. The molecule has 5 heteroatoms. The lowest BCUT2D eigenvalue weighted by Gasteiger charge is -2.14. The monoisotopic (exact) mass is 273 g/mol. The Hall–Kier alpha value is -0.940. The zero-order chi connectivity index (χ0) is 13.5. The quantitative estimate of drug-likeness (QED) is 0.826. The normalized spacial score (nSPS) is 14.2. The topological polar surface area (TPSA) is 38.3 Å². The summed E-state index contributed by atoms with van der Waals surface area (Å²) in [5.41, 5.74) is 0.582. The van der Waals surface area contributed by atoms with Crippen LogP contribution in [-0.2, 0) is 17.3 Å². The van der Waals surface area contributed by atoms with Crippen molar-refractivity contribution in [1.82, 2.24) is 5.32 Å². The van der Waals surface area contributed by atoms with Gasteiger partial charge >= 0.3 is 0 Å². The molecule has 1 N–H and O–H groups in total. The van der Waals surface area contributed by atoms with Crippen LogP contribution >= 0.6 is 0 Å². The molecule has 0 spiro atoms. The van der Waals surface area contributed by atoms with E-state index in [1.54, 1.807) is 24.5 Å². The lowest BCUT2D eigenvalue weighted by Crippen LogP contribution is -2.27. The van der Waals surface area contributed by atoms with Crippen molar-refractivity contribution in [3.8, 4) is 5.75 Å². The van der Waals surface area contributed by atoms with Crippen LogP contribution in [0.3, 0.4) is 0 Å². The summed E-state index contributed by atoms with van der Waals surface area (Å²) in [6.45, 7) is 2.45. The van der Waals surface area contributed by atoms with E-state index in [4.69, 9.17) is 4.74 Å². The van der Waals surface area contributed by atoms with Gasteiger partial charge in [0.05, 0.1) is 7.11 Å². The number of nitrogens with one attached hydrogen (secondary N) is 1. The van der Waals surface area contributed by atoms with E-state index in [1.165, 1.54) is 7.11 Å². The molecule has 0 fully saturated rings. The molecule has 0 radical (unpaired) electrons. The van der Waals surface area contributed by atoms with E-state index in [9.17, 15) is 8.60 Å². The Morgan fingerprint density at radius 1 is 1.50 bits per heavy atom. The van der Waals surface area contributed by atoms with Gasteiger partial charge in [0.25, 0.3) is 0 Å². The standard InChI is InChI=1S/C13H20FNO2S/c1-10(7-8-18(3)16)15-9-11-5-4-6-12(17-2)13(11)14/h4-6,10,15H,7-9H2,1-3H3. The first kappa shape index (κ1) is 15.1. The highest BCUT2D eigenvalue weighted by molar-refractivity contribution is 7.84. The van der Waals surface area contributed by atoms with Gasteiger partial charge in [0.15, 0.2) is 11.6 Å². The molecular formula is C13H20FNO2S. The molecule has 0 saturated carbocycles. The predicted molar refractivity (Wildman–Crippen MR) is 72.8 cm³/mol. The van der Waals surface area contributed by atoms with Gasteiger partial charge in [0.1, 0.15) is 0 Å². The molecule has 0 aliphatic carbocycles. The molecule has 0 saturated heterocycles. The number of hydrogen-bond donors (Lipinski definition) is 1. The van der Waals surface area contributed by atoms with Crippen molar-refractivity contribution < 1.29 is 13.3 Å². The molecule has 2 atom stereocenters. The molecule has 0 aromatic heterocycles. The average molecular weight is 273 g/mol. The second kappa shape index (κ2) is 7.48. The first-order valence-corrected chi connectivity index (χ1v) is 7.62. The van der Waals surface area contributed by atoms with Crippen LogP contribution < -0.4 is 10.1 Å². The number of rotatable bonds is 7. The Balaban J connectivity index is 2.50. The van der Waals surface area contributed by atoms with E-state index < -0.39 is 10.8 Å². The lowest BCUT2D eigenvalue weighted by atomic mass is 10.1. The second-order valence-electron chi connectivity index (χ2n) is 4.28. The van der Waals surface area contributed by atoms with Crippen molar-refractivity contribution >= 4 is 10.8 Å². The Bertz CT molecular complexity index is 412. The van der Waals surface area contributed by atoms with Gasteiger partial charge in [-0.2, -0.15) is 0 Å². The van der Waals surface area contributed by atoms with Crippen LogP contribution in [0.25, 0.3) is 0 Å². The number of ether oxygens (including phenoxy) is 1. The largest absolute Gasteiger partial charge is 0.494 e. The van der Waals surface area contributed by atoms with E-state index >= 15 is 0 Å². The van der Waals surface area contributed by atoms with Crippen molar-refractivity contribution in [3.05, 3.63) is 29.6 Å². The predicted octanol–water partition coefficient (Wildman–Crippen LogP) is 2.08. The summed E-state index contributed by atoms with van der Waals surface area (Å²) < 4.78 is 29.7. The molecule has 0 aliphatic heterocycles. The number of benzene rings is 1. The van der Waals surface area contributed by atoms with Crippen molar-refractivity contribution in [2.45, 2.75) is 25.9 Å². The summed E-state index contributed by atoms with van der Waals surface area (Å²) in [6, 6.07) is 5.31. The number of hydrogen-bond acceptors (Lipinski definition) is 3. The lowest BCUT2D eigenvalue weighted by molar-refractivity contribution is 0.382. The minimum atomic E-state index is -0.778. The summed E-state index contributed by atoms with van der Waals surface area (Å²) in [5, 5.41) is 3.22. The fourth-order valence-corrected chi connectivity index (χ4v) is 2.26. The van der Waals surface area contributed by atoms with Crippen LogP contribution in [0.1, 0.15) is 18.9 Å². The maximum atomic E-state index is 13.8. The van der Waals surface area contributed by atoms with Crippen molar-refractivity contribution in [1.29, 1.82) is 0 Å². The van der Waals surface area contributed by atoms with Crippen LogP contribution in [0.5, 0.6) is 5.75 Å². The van der Waals surface area contributed by atoms with E-state index in [0.29, 0.717) is 17.9 Å². The summed E-state index contributed by atoms with van der Waals surface area (Å²) in [7, 11) is 0.675. The highest BCUT2D eigenvalue weighted by atomic mass is 32.2. The third-order valence-electron chi connectivity index (χ3n) is 2.74. The molecule has 0 aliphatic rings. The molecule has 102 valence electrons. The Morgan fingerprint density at radius 3 is 2.83 bits per heavy atom. The van der Waals surface area contributed by atoms with Crippen LogP contribution in [0.2, 0.25) is 0 Å². The molecule has 18 heavy (non-hydrogen) atoms. The first-order valence-electron chi connectivity index (χ1n) is 5.89. The molecule has 0 heterocycles. The molecule has 0 amide bonds. The average Bonchev–Trinajstić information content (AvgIpc) is 2.35. The number of halogens is 1. The minimum absolute atomic E-state index is 0.208. The Kier molecular flexibility index (Phi) is 6.29. The van der Waals surface area contributed by atoms with Gasteiger partial charge in [0.2, 0.25) is 0 Å². The molecule has 1 aromatic carbocycles. The molecule has 3 nitrogen and oxygen atoms in total. The van der Waals surface area contributed by atoms with Gasteiger partial charge in [0, 0.05) is 41.0 Å². The summed E-state index contributed by atoms with van der Waals surface area (Å²) >= 11 is 0. The molecule has 1 aromatic rings. The van der Waals surface area contributed by atoms with Crippen LogP contribution in [0, 0.1) is 5.82 Å². The maximum absolute atomic E-state index is 13.8. The van der Waals surface area contributed by atoms with E-state index in [-0.39, 0.29) is 17.6 Å². The molecule has 0 bridgehead atoms. The van der Waals surface area contributed by atoms with Gasteiger partial charge in [-0.1, -0.05) is 12.1 Å². The van der Waals surface area contributed by atoms with Gasteiger partial charge < -0.3 is 10.1 Å². The van der Waals surface area contributed by atoms with Crippen molar-refractivity contribution in [2.75, 3.05) is 19.1 Å². The zero-order valence-corrected chi connectivity index (χ0v) is 11.8. The second-order valence-corrected chi connectivity index (χ2v) is 5.84. The SMILES string of the molecule is COc1cccc(CNC(C)CCS(C)=O)c1F. The smallest absolute Gasteiger partial charge is 0.169 e. The first-order chi connectivity index (χ1) is 8.54. The Morgan fingerprint density at radius 2 is 2.22 bits per heavy atom. The van der Waals surface area contributed by atoms with Crippen LogP contribution in [0.15, 0.2) is 18.2 Å². The van der Waals surface area contributed by atoms with Crippen molar-refractivity contribution in [3.63, 3.8) is 0 Å². The number of methoxy groups -OCH3 is 1. The van der Waals surface area contributed by atoms with Crippen LogP contribution in [0.4, 0.5) is 4.39 Å². The maximum Gasteiger partial charge on any atom is 0.169 e. The highest BCUT2D eigenvalue weighted by Crippen LogP contribution is 2.19. The van der Waals surface area contributed by atoms with Gasteiger partial charge in [-0.25, -0.2) is 4.39 Å². The third-order valence-corrected chi connectivity index (χ3v) is 3.55. The highest BCUT2D eigenvalue weighted by Gasteiger charge is 2.09. The summed E-state index contributed by atoms with van der Waals surface area (Å²) in [6.07, 6.45) is 2.50. The third kappa shape index (κ3) is 4.74. The van der Waals surface area contributed by atoms with Crippen LogP contribution in [-0.4, -0.2) is 29.4 Å². The molecule has 1 rings (SSSR count). The zero-order valence-electron chi connectivity index (χ0n) is 11.0. The fourth-order valence-electron chi connectivity index (χ4n) is 1.58. The van der Waals surface area contributed by atoms with Crippen molar-refractivity contribution in [2.24, 2.45) is 0 Å². The Labute approximate surface area is 110 Å². The van der Waals surface area contributed by atoms with Gasteiger partial charge in [-0.05, 0) is 19.4 Å². The summed E-state index contributed by atoms with van der Waals surface area (Å²) in [5.74, 6) is 0.602. The molecular weight excluding hydrogens is 253 g/mol. The van der Waals surface area contributed by atoms with E-state index in [1.807, 2.05) is 6.92 Å².